The quantitative estimate of drug-likeness (QED) is 0.601. The molecule has 0 aromatic heterocycles. The summed E-state index contributed by atoms with van der Waals surface area (Å²) in [5, 5.41) is 3.48. The minimum Gasteiger partial charge on any atom is -0.444 e. The van der Waals surface area contributed by atoms with Crippen LogP contribution in [0.2, 0.25) is 0 Å². The van der Waals surface area contributed by atoms with Crippen molar-refractivity contribution < 1.29 is 9.53 Å². The van der Waals surface area contributed by atoms with E-state index in [4.69, 9.17) is 4.74 Å². The van der Waals surface area contributed by atoms with E-state index in [0.717, 1.165) is 32.0 Å². The first kappa shape index (κ1) is 17.0. The van der Waals surface area contributed by atoms with Crippen LogP contribution in [-0.4, -0.2) is 43.3 Å². The maximum absolute atomic E-state index is 11.7. The van der Waals surface area contributed by atoms with E-state index in [0.29, 0.717) is 0 Å². The summed E-state index contributed by atoms with van der Waals surface area (Å²) in [6.07, 6.45) is 8.98. The van der Waals surface area contributed by atoms with E-state index in [9.17, 15) is 4.79 Å². The number of nitrogens with one attached hydrogen (secondary N) is 1. The van der Waals surface area contributed by atoms with Crippen molar-refractivity contribution in [1.29, 1.82) is 0 Å². The third-order valence-corrected chi connectivity index (χ3v) is 3.36. The Morgan fingerprint density at radius 1 is 1.40 bits per heavy atom. The van der Waals surface area contributed by atoms with Crippen molar-refractivity contribution in [2.75, 3.05) is 26.7 Å². The van der Waals surface area contributed by atoms with Gasteiger partial charge in [0.2, 0.25) is 0 Å². The number of allylic oxidation sites excluding steroid dienone is 2. The first-order chi connectivity index (χ1) is 9.38. The van der Waals surface area contributed by atoms with Gasteiger partial charge in [-0.3, -0.25) is 0 Å². The molecule has 20 heavy (non-hydrogen) atoms. The maximum atomic E-state index is 11.7. The highest BCUT2D eigenvalue weighted by Gasteiger charge is 2.19. The summed E-state index contributed by atoms with van der Waals surface area (Å²) in [6, 6.07) is 0. The molecule has 4 nitrogen and oxygen atoms in total. The van der Waals surface area contributed by atoms with Crippen LogP contribution in [0.15, 0.2) is 12.2 Å². The molecule has 0 radical (unpaired) electrons. The summed E-state index contributed by atoms with van der Waals surface area (Å²) < 4.78 is 5.31. The molecule has 1 aliphatic carbocycles. The monoisotopic (exact) mass is 282 g/mol. The molecule has 0 heterocycles. The van der Waals surface area contributed by atoms with Crippen molar-refractivity contribution in [2.45, 2.75) is 52.1 Å². The Balaban J connectivity index is 2.05. The molecule has 1 N–H and O–H groups in total. The maximum Gasteiger partial charge on any atom is 0.410 e. The number of hydrogen-bond acceptors (Lipinski definition) is 3. The molecule has 0 spiro atoms. The van der Waals surface area contributed by atoms with Crippen LogP contribution in [0.4, 0.5) is 4.79 Å². The molecule has 0 aromatic carbocycles. The minimum atomic E-state index is -0.419. The normalized spacial score (nSPS) is 18.9. The Labute approximate surface area is 123 Å². The summed E-state index contributed by atoms with van der Waals surface area (Å²) in [7, 11) is 1.79. The van der Waals surface area contributed by atoms with Crippen LogP contribution in [0.3, 0.4) is 0 Å². The molecule has 0 aliphatic heterocycles. The number of ether oxygens (including phenoxy) is 1. The van der Waals surface area contributed by atoms with Gasteiger partial charge in [0.1, 0.15) is 5.60 Å². The van der Waals surface area contributed by atoms with E-state index in [-0.39, 0.29) is 6.09 Å². The Morgan fingerprint density at radius 3 is 2.75 bits per heavy atom. The van der Waals surface area contributed by atoms with Gasteiger partial charge in [-0.15, -0.1) is 0 Å². The number of hydrogen-bond donors (Lipinski definition) is 1. The Hall–Kier alpha value is -1.03. The van der Waals surface area contributed by atoms with Crippen molar-refractivity contribution in [3.8, 4) is 0 Å². The van der Waals surface area contributed by atoms with Crippen molar-refractivity contribution in [3.63, 3.8) is 0 Å². The first-order valence-corrected chi connectivity index (χ1v) is 7.68. The zero-order valence-corrected chi connectivity index (χ0v) is 13.4. The second-order valence-corrected chi connectivity index (χ2v) is 6.61. The van der Waals surface area contributed by atoms with Gasteiger partial charge in [-0.1, -0.05) is 12.2 Å². The number of carbonyl (C=O) groups excluding carboxylic acids is 1. The SMILES string of the molecule is CN(CCCNCC1CC=CCC1)C(=O)OC(C)(C)C. The molecule has 116 valence electrons. The second-order valence-electron chi connectivity index (χ2n) is 6.61. The predicted octanol–water partition coefficient (Wildman–Crippen LogP) is 3.19. The fourth-order valence-electron chi connectivity index (χ4n) is 2.22. The summed E-state index contributed by atoms with van der Waals surface area (Å²) in [6.45, 7) is 8.43. The third-order valence-electron chi connectivity index (χ3n) is 3.36. The van der Waals surface area contributed by atoms with Gasteiger partial charge in [0.25, 0.3) is 0 Å². The Bertz CT molecular complexity index is 321. The smallest absolute Gasteiger partial charge is 0.410 e. The molecule has 1 amide bonds. The van der Waals surface area contributed by atoms with Crippen LogP contribution >= 0.6 is 0 Å². The van der Waals surface area contributed by atoms with Crippen LogP contribution in [0.1, 0.15) is 46.5 Å². The summed E-state index contributed by atoms with van der Waals surface area (Å²) in [5.74, 6) is 0.781. The highest BCUT2D eigenvalue weighted by Crippen LogP contribution is 2.16. The lowest BCUT2D eigenvalue weighted by atomic mass is 9.94. The average molecular weight is 282 g/mol. The molecule has 1 aliphatic rings. The van der Waals surface area contributed by atoms with E-state index in [1.807, 2.05) is 20.8 Å². The molecule has 0 aromatic rings. The van der Waals surface area contributed by atoms with Gasteiger partial charge in [-0.05, 0) is 65.5 Å². The van der Waals surface area contributed by atoms with E-state index in [1.165, 1.54) is 19.3 Å². The summed E-state index contributed by atoms with van der Waals surface area (Å²) >= 11 is 0. The lowest BCUT2D eigenvalue weighted by Gasteiger charge is -2.24. The Morgan fingerprint density at radius 2 is 2.15 bits per heavy atom. The third kappa shape index (κ3) is 7.53. The average Bonchev–Trinajstić information content (AvgIpc) is 2.37. The van der Waals surface area contributed by atoms with Gasteiger partial charge in [-0.25, -0.2) is 4.79 Å². The van der Waals surface area contributed by atoms with E-state index < -0.39 is 5.60 Å². The molecule has 1 rings (SSSR count). The Kier molecular flexibility index (Phi) is 7.06. The number of carbonyl (C=O) groups is 1. The predicted molar refractivity (Wildman–Crippen MR) is 82.8 cm³/mol. The largest absolute Gasteiger partial charge is 0.444 e. The molecule has 4 heteroatoms. The standard InChI is InChI=1S/C16H30N2O2/c1-16(2,3)20-15(19)18(4)12-8-11-17-13-14-9-6-5-7-10-14/h5-6,14,17H,7-13H2,1-4H3. The van der Waals surface area contributed by atoms with Gasteiger partial charge in [0.15, 0.2) is 0 Å². The number of nitrogens with zero attached hydrogens (tertiary/aromatic N) is 1. The van der Waals surface area contributed by atoms with Crippen LogP contribution < -0.4 is 5.32 Å². The fraction of sp³-hybridized carbons (Fsp3) is 0.812. The van der Waals surface area contributed by atoms with Gasteiger partial charge in [0.05, 0.1) is 0 Å². The van der Waals surface area contributed by atoms with Crippen molar-refractivity contribution >= 4 is 6.09 Å². The number of amides is 1. The topological polar surface area (TPSA) is 41.6 Å². The van der Waals surface area contributed by atoms with Gasteiger partial charge >= 0.3 is 6.09 Å². The van der Waals surface area contributed by atoms with Crippen molar-refractivity contribution in [1.82, 2.24) is 10.2 Å². The van der Waals surface area contributed by atoms with Crippen LogP contribution in [0.5, 0.6) is 0 Å². The molecule has 0 bridgehead atoms. The molecule has 0 fully saturated rings. The zero-order chi connectivity index (χ0) is 15.0. The molecule has 0 saturated heterocycles. The molecule has 1 unspecified atom stereocenters. The zero-order valence-electron chi connectivity index (χ0n) is 13.4. The molecular weight excluding hydrogens is 252 g/mol. The minimum absolute atomic E-state index is 0.241. The van der Waals surface area contributed by atoms with Crippen molar-refractivity contribution in [3.05, 3.63) is 12.2 Å². The van der Waals surface area contributed by atoms with Gasteiger partial charge < -0.3 is 15.0 Å². The molecular formula is C16H30N2O2. The van der Waals surface area contributed by atoms with Crippen LogP contribution in [-0.2, 0) is 4.74 Å². The van der Waals surface area contributed by atoms with Crippen molar-refractivity contribution in [2.24, 2.45) is 5.92 Å². The molecule has 1 atom stereocenters. The molecule has 0 saturated carbocycles. The van der Waals surface area contributed by atoms with Gasteiger partial charge in [-0.2, -0.15) is 0 Å². The van der Waals surface area contributed by atoms with E-state index in [2.05, 4.69) is 17.5 Å². The highest BCUT2D eigenvalue weighted by molar-refractivity contribution is 5.67. The lowest BCUT2D eigenvalue weighted by Crippen LogP contribution is -2.35. The van der Waals surface area contributed by atoms with E-state index >= 15 is 0 Å². The lowest BCUT2D eigenvalue weighted by molar-refractivity contribution is 0.0297. The van der Waals surface area contributed by atoms with Crippen LogP contribution in [0.25, 0.3) is 0 Å². The van der Waals surface area contributed by atoms with Gasteiger partial charge in [0, 0.05) is 13.6 Å². The van der Waals surface area contributed by atoms with Crippen LogP contribution in [0, 0.1) is 5.92 Å². The number of rotatable bonds is 6. The summed E-state index contributed by atoms with van der Waals surface area (Å²) in [5.41, 5.74) is -0.419. The summed E-state index contributed by atoms with van der Waals surface area (Å²) in [4.78, 5) is 13.4. The fourth-order valence-corrected chi connectivity index (χ4v) is 2.22. The highest BCUT2D eigenvalue weighted by atomic mass is 16.6. The second kappa shape index (κ2) is 8.30. The van der Waals surface area contributed by atoms with E-state index in [1.54, 1.807) is 11.9 Å². The first-order valence-electron chi connectivity index (χ1n) is 7.68.